The van der Waals surface area contributed by atoms with Gasteiger partial charge < -0.3 is 14.9 Å². The molecule has 4 heteroatoms. The zero-order valence-corrected chi connectivity index (χ0v) is 8.98. The molecule has 16 heavy (non-hydrogen) atoms. The van der Waals surface area contributed by atoms with Crippen molar-refractivity contribution in [2.75, 3.05) is 12.3 Å². The van der Waals surface area contributed by atoms with Gasteiger partial charge in [0.15, 0.2) is 11.5 Å². The number of anilines is 1. The second-order valence-electron chi connectivity index (χ2n) is 4.14. The lowest BCUT2D eigenvalue weighted by Crippen LogP contribution is -2.08. The van der Waals surface area contributed by atoms with Crippen LogP contribution in [0.5, 0.6) is 0 Å². The molecule has 2 aromatic rings. The molecule has 4 nitrogen and oxygen atoms in total. The number of nitrogen functional groups attached to an aromatic ring is 1. The maximum Gasteiger partial charge on any atom is 0.198 e. The van der Waals surface area contributed by atoms with Gasteiger partial charge in [0.25, 0.3) is 0 Å². The number of oxazole rings is 1. The molecule has 0 spiro atoms. The van der Waals surface area contributed by atoms with Crippen molar-refractivity contribution in [3.8, 4) is 0 Å². The lowest BCUT2D eigenvalue weighted by Gasteiger charge is -2.04. The Hall–Kier alpha value is -1.55. The second kappa shape index (κ2) is 3.79. The summed E-state index contributed by atoms with van der Waals surface area (Å²) in [5.74, 6) is 0.722. The van der Waals surface area contributed by atoms with Crippen molar-refractivity contribution in [1.29, 1.82) is 0 Å². The maximum absolute atomic E-state index is 5.82. The minimum absolute atomic E-state index is 0.259. The Morgan fingerprint density at radius 2 is 2.38 bits per heavy atom. The van der Waals surface area contributed by atoms with Crippen molar-refractivity contribution in [2.24, 2.45) is 0 Å². The Morgan fingerprint density at radius 1 is 1.44 bits per heavy atom. The van der Waals surface area contributed by atoms with E-state index in [0.717, 1.165) is 42.9 Å². The lowest BCUT2D eigenvalue weighted by atomic mass is 10.2. The first-order valence-corrected chi connectivity index (χ1v) is 5.58. The predicted octanol–water partition coefficient (Wildman–Crippen LogP) is 2.13. The highest BCUT2D eigenvalue weighted by atomic mass is 16.5. The van der Waals surface area contributed by atoms with Gasteiger partial charge in [-0.25, -0.2) is 4.98 Å². The second-order valence-corrected chi connectivity index (χ2v) is 4.14. The van der Waals surface area contributed by atoms with Gasteiger partial charge >= 0.3 is 0 Å². The van der Waals surface area contributed by atoms with E-state index in [4.69, 9.17) is 14.9 Å². The molecular formula is C12H14N2O2. The SMILES string of the molecule is Nc1cccc2oc(CC3CCCO3)nc12. The molecule has 84 valence electrons. The molecule has 1 unspecified atom stereocenters. The molecular weight excluding hydrogens is 204 g/mol. The quantitative estimate of drug-likeness (QED) is 0.784. The van der Waals surface area contributed by atoms with Crippen LogP contribution in [0.2, 0.25) is 0 Å². The molecule has 1 aliphatic rings. The van der Waals surface area contributed by atoms with E-state index in [1.54, 1.807) is 0 Å². The van der Waals surface area contributed by atoms with Crippen LogP contribution in [0.3, 0.4) is 0 Å². The molecule has 1 saturated heterocycles. The number of benzene rings is 1. The molecule has 0 aliphatic carbocycles. The van der Waals surface area contributed by atoms with Gasteiger partial charge in [-0.05, 0) is 25.0 Å². The molecule has 0 saturated carbocycles. The van der Waals surface area contributed by atoms with Crippen molar-refractivity contribution >= 4 is 16.8 Å². The Kier molecular flexibility index (Phi) is 2.29. The molecule has 2 N–H and O–H groups in total. The van der Waals surface area contributed by atoms with E-state index in [-0.39, 0.29) is 6.10 Å². The monoisotopic (exact) mass is 218 g/mol. The lowest BCUT2D eigenvalue weighted by molar-refractivity contribution is 0.106. The minimum atomic E-state index is 0.259. The van der Waals surface area contributed by atoms with Gasteiger partial charge in [0.2, 0.25) is 0 Å². The molecule has 1 aliphatic heterocycles. The van der Waals surface area contributed by atoms with Gasteiger partial charge in [-0.3, -0.25) is 0 Å². The van der Waals surface area contributed by atoms with E-state index in [0.29, 0.717) is 5.69 Å². The third-order valence-corrected chi connectivity index (χ3v) is 2.92. The number of nitrogens with zero attached hydrogens (tertiary/aromatic N) is 1. The number of para-hydroxylation sites is 1. The standard InChI is InChI=1S/C12H14N2O2/c13-9-4-1-5-10-12(9)14-11(16-10)7-8-3-2-6-15-8/h1,4-5,8H,2-3,6-7,13H2. The van der Waals surface area contributed by atoms with E-state index in [2.05, 4.69) is 4.98 Å². The van der Waals surface area contributed by atoms with E-state index >= 15 is 0 Å². The van der Waals surface area contributed by atoms with Gasteiger partial charge in [0, 0.05) is 6.61 Å². The molecule has 3 rings (SSSR count). The van der Waals surface area contributed by atoms with E-state index in [9.17, 15) is 0 Å². The van der Waals surface area contributed by atoms with Gasteiger partial charge in [0.05, 0.1) is 18.2 Å². The van der Waals surface area contributed by atoms with Gasteiger partial charge in [-0.2, -0.15) is 0 Å². The predicted molar refractivity (Wildman–Crippen MR) is 61.1 cm³/mol. The fraction of sp³-hybridized carbons (Fsp3) is 0.417. The van der Waals surface area contributed by atoms with Crippen LogP contribution in [-0.2, 0) is 11.2 Å². The highest BCUT2D eigenvalue weighted by molar-refractivity contribution is 5.85. The minimum Gasteiger partial charge on any atom is -0.441 e. The van der Waals surface area contributed by atoms with Crippen molar-refractivity contribution in [3.05, 3.63) is 24.1 Å². The first-order chi connectivity index (χ1) is 7.83. The van der Waals surface area contributed by atoms with Crippen molar-refractivity contribution in [3.63, 3.8) is 0 Å². The van der Waals surface area contributed by atoms with Crippen LogP contribution < -0.4 is 5.73 Å². The van der Waals surface area contributed by atoms with E-state index in [1.165, 1.54) is 0 Å². The van der Waals surface area contributed by atoms with Gasteiger partial charge in [-0.15, -0.1) is 0 Å². The number of hydrogen-bond acceptors (Lipinski definition) is 4. The molecule has 1 atom stereocenters. The van der Waals surface area contributed by atoms with Crippen LogP contribution in [0.15, 0.2) is 22.6 Å². The van der Waals surface area contributed by atoms with Crippen LogP contribution in [-0.4, -0.2) is 17.7 Å². The van der Waals surface area contributed by atoms with Gasteiger partial charge in [0.1, 0.15) is 5.52 Å². The smallest absolute Gasteiger partial charge is 0.198 e. The molecule has 1 fully saturated rings. The summed E-state index contributed by atoms with van der Waals surface area (Å²) in [6.07, 6.45) is 3.23. The fourth-order valence-corrected chi connectivity index (χ4v) is 2.10. The molecule has 0 amide bonds. The normalized spacial score (nSPS) is 20.6. The summed E-state index contributed by atoms with van der Waals surface area (Å²) in [5.41, 5.74) is 8.01. The third-order valence-electron chi connectivity index (χ3n) is 2.92. The van der Waals surface area contributed by atoms with Crippen molar-refractivity contribution < 1.29 is 9.15 Å². The first kappa shape index (κ1) is 9.66. The Labute approximate surface area is 93.4 Å². The largest absolute Gasteiger partial charge is 0.441 e. The van der Waals surface area contributed by atoms with Gasteiger partial charge in [-0.1, -0.05) is 6.07 Å². The Bertz CT molecular complexity index is 501. The highest BCUT2D eigenvalue weighted by Crippen LogP contribution is 2.23. The van der Waals surface area contributed by atoms with Crippen molar-refractivity contribution in [2.45, 2.75) is 25.4 Å². The topological polar surface area (TPSA) is 61.3 Å². The number of nitrogens with two attached hydrogens (primary N) is 1. The van der Waals surface area contributed by atoms with Crippen LogP contribution >= 0.6 is 0 Å². The Balaban J connectivity index is 1.90. The number of hydrogen-bond donors (Lipinski definition) is 1. The number of aromatic nitrogens is 1. The zero-order chi connectivity index (χ0) is 11.0. The summed E-state index contributed by atoms with van der Waals surface area (Å²) in [4.78, 5) is 4.40. The van der Waals surface area contributed by atoms with Crippen molar-refractivity contribution in [1.82, 2.24) is 4.98 Å². The number of ether oxygens (including phenoxy) is 1. The molecule has 0 bridgehead atoms. The van der Waals surface area contributed by atoms with Crippen LogP contribution in [0, 0.1) is 0 Å². The van der Waals surface area contributed by atoms with E-state index < -0.39 is 0 Å². The summed E-state index contributed by atoms with van der Waals surface area (Å²) < 4.78 is 11.2. The molecule has 1 aromatic carbocycles. The maximum atomic E-state index is 5.82. The zero-order valence-electron chi connectivity index (χ0n) is 8.98. The molecule has 0 radical (unpaired) electrons. The summed E-state index contributed by atoms with van der Waals surface area (Å²) >= 11 is 0. The first-order valence-electron chi connectivity index (χ1n) is 5.58. The summed E-state index contributed by atoms with van der Waals surface area (Å²) in [6.45, 7) is 0.854. The summed E-state index contributed by atoms with van der Waals surface area (Å²) in [5, 5.41) is 0. The summed E-state index contributed by atoms with van der Waals surface area (Å²) in [7, 11) is 0. The van der Waals surface area contributed by atoms with E-state index in [1.807, 2.05) is 18.2 Å². The number of rotatable bonds is 2. The van der Waals surface area contributed by atoms with Crippen LogP contribution in [0.1, 0.15) is 18.7 Å². The Morgan fingerprint density at radius 3 is 3.12 bits per heavy atom. The molecule has 2 heterocycles. The van der Waals surface area contributed by atoms with Crippen LogP contribution in [0.4, 0.5) is 5.69 Å². The van der Waals surface area contributed by atoms with Crippen LogP contribution in [0.25, 0.3) is 11.1 Å². The summed E-state index contributed by atoms with van der Waals surface area (Å²) in [6, 6.07) is 5.59. The number of fused-ring (bicyclic) bond motifs is 1. The third kappa shape index (κ3) is 1.65. The fourth-order valence-electron chi connectivity index (χ4n) is 2.10. The molecule has 1 aromatic heterocycles. The average Bonchev–Trinajstić information content (AvgIpc) is 2.88. The average molecular weight is 218 g/mol. The highest BCUT2D eigenvalue weighted by Gasteiger charge is 2.19.